The van der Waals surface area contributed by atoms with Gasteiger partial charge in [0.2, 0.25) is 5.84 Å². The molecule has 0 saturated carbocycles. The van der Waals surface area contributed by atoms with E-state index in [0.29, 0.717) is 4.48 Å². The average molecular weight is 436 g/mol. The van der Waals surface area contributed by atoms with E-state index in [1.165, 1.54) is 115 Å². The minimum atomic E-state index is -0.322. The van der Waals surface area contributed by atoms with Gasteiger partial charge in [-0.2, -0.15) is 0 Å². The first-order chi connectivity index (χ1) is 15.2. The molecule has 1 N–H and O–H groups in total. The fraction of sp³-hybridized carbons (Fsp3) is 0.893. The highest BCUT2D eigenvalue weighted by Gasteiger charge is 2.40. The second-order valence-electron chi connectivity index (χ2n) is 9.75. The topological polar surface area (TPSA) is 32.6 Å². The lowest BCUT2D eigenvalue weighted by Crippen LogP contribution is -2.56. The third-order valence-electron chi connectivity index (χ3n) is 7.25. The maximum absolute atomic E-state index is 10.2. The van der Waals surface area contributed by atoms with Crippen molar-refractivity contribution in [2.45, 2.75) is 143 Å². The van der Waals surface area contributed by atoms with E-state index < -0.39 is 0 Å². The van der Waals surface area contributed by atoms with Crippen molar-refractivity contribution < 1.29 is 9.59 Å². The lowest BCUT2D eigenvalue weighted by Gasteiger charge is -2.36. The van der Waals surface area contributed by atoms with Crippen LogP contribution in [0.3, 0.4) is 0 Å². The minimum Gasteiger partial charge on any atom is -0.345 e. The van der Waals surface area contributed by atoms with Crippen LogP contribution in [0.1, 0.15) is 136 Å². The van der Waals surface area contributed by atoms with E-state index in [9.17, 15) is 5.11 Å². The second kappa shape index (κ2) is 18.9. The molecular weight excluding hydrogens is 380 g/mol. The minimum absolute atomic E-state index is 0.322. The number of hydrogen-bond donors (Lipinski definition) is 1. The molecule has 1 rings (SSSR count). The average Bonchev–Trinajstić information content (AvgIpc) is 3.19. The fourth-order valence-corrected chi connectivity index (χ4v) is 5.00. The summed E-state index contributed by atoms with van der Waals surface area (Å²) in [5, 5.41) is 10.2. The van der Waals surface area contributed by atoms with Crippen LogP contribution < -0.4 is 0 Å². The second-order valence-corrected chi connectivity index (χ2v) is 9.75. The molecule has 0 aromatic rings. The number of rotatable bonds is 21. The van der Waals surface area contributed by atoms with E-state index in [0.717, 1.165) is 26.1 Å². The fourth-order valence-electron chi connectivity index (χ4n) is 5.00. The Balaban J connectivity index is 1.87. The Morgan fingerprint density at radius 3 is 1.74 bits per heavy atom. The first-order valence-corrected chi connectivity index (χ1v) is 13.9. The number of aliphatic hydroxyl groups excluding tert-OH is 1. The molecule has 0 saturated heterocycles. The Bertz CT molecular complexity index is 472. The van der Waals surface area contributed by atoms with Gasteiger partial charge in [0.05, 0.1) is 13.1 Å². The third kappa shape index (κ3) is 12.2. The van der Waals surface area contributed by atoms with Crippen molar-refractivity contribution in [3.8, 4) is 0 Å². The van der Waals surface area contributed by atoms with Gasteiger partial charge in [-0.25, -0.2) is 4.99 Å². The Hall–Kier alpha value is -0.670. The largest absolute Gasteiger partial charge is 0.345 e. The van der Waals surface area contributed by atoms with E-state index in [2.05, 4.69) is 26.0 Å². The molecule has 0 spiro atoms. The molecule has 3 heteroatoms. The van der Waals surface area contributed by atoms with Gasteiger partial charge in [-0.3, -0.25) is 4.48 Å². The number of nitrogens with zero attached hydrogens (tertiary/aromatic N) is 2. The van der Waals surface area contributed by atoms with Crippen LogP contribution in [0.15, 0.2) is 17.1 Å². The molecule has 1 heterocycles. The molecular formula is C28H55N2O+. The SMILES string of the molecule is CCCCCCCCCCCCC/C=C/CCCCCCC1=NCC[N+]1(CC)C(C)O. The summed E-state index contributed by atoms with van der Waals surface area (Å²) in [6.07, 6.45) is 28.9. The zero-order valence-electron chi connectivity index (χ0n) is 21.4. The molecule has 1 aliphatic rings. The smallest absolute Gasteiger partial charge is 0.200 e. The van der Waals surface area contributed by atoms with Gasteiger partial charge < -0.3 is 5.11 Å². The van der Waals surface area contributed by atoms with Gasteiger partial charge in [-0.1, -0.05) is 96.1 Å². The summed E-state index contributed by atoms with van der Waals surface area (Å²) in [5.74, 6) is 1.24. The van der Waals surface area contributed by atoms with Crippen molar-refractivity contribution in [1.82, 2.24) is 0 Å². The van der Waals surface area contributed by atoms with Crippen molar-refractivity contribution in [2.24, 2.45) is 4.99 Å². The quantitative estimate of drug-likeness (QED) is 0.110. The van der Waals surface area contributed by atoms with E-state index in [1.54, 1.807) is 0 Å². The summed E-state index contributed by atoms with van der Waals surface area (Å²) in [7, 11) is 0. The van der Waals surface area contributed by atoms with Gasteiger partial charge >= 0.3 is 0 Å². The molecule has 2 atom stereocenters. The molecule has 0 bridgehead atoms. The van der Waals surface area contributed by atoms with Crippen LogP contribution in [0.5, 0.6) is 0 Å². The monoisotopic (exact) mass is 435 g/mol. The lowest BCUT2D eigenvalue weighted by molar-refractivity contribution is -0.882. The number of hydrogen-bond acceptors (Lipinski definition) is 2. The molecule has 1 aliphatic heterocycles. The Labute approximate surface area is 195 Å². The zero-order valence-corrected chi connectivity index (χ0v) is 21.4. The lowest BCUT2D eigenvalue weighted by atomic mass is 10.0. The third-order valence-corrected chi connectivity index (χ3v) is 7.25. The maximum Gasteiger partial charge on any atom is 0.200 e. The first kappa shape index (κ1) is 28.4. The molecule has 31 heavy (non-hydrogen) atoms. The molecule has 0 radical (unpaired) electrons. The van der Waals surface area contributed by atoms with Crippen LogP contribution in [-0.2, 0) is 0 Å². The van der Waals surface area contributed by atoms with Crippen LogP contribution in [0.4, 0.5) is 0 Å². The van der Waals surface area contributed by atoms with Crippen molar-refractivity contribution in [2.75, 3.05) is 19.6 Å². The number of aliphatic imine (C=N–C) groups is 1. The summed E-state index contributed by atoms with van der Waals surface area (Å²) < 4.78 is 0.710. The summed E-state index contributed by atoms with van der Waals surface area (Å²) >= 11 is 0. The number of quaternary nitrogens is 1. The Morgan fingerprint density at radius 2 is 1.26 bits per heavy atom. The van der Waals surface area contributed by atoms with Gasteiger partial charge in [0.25, 0.3) is 0 Å². The molecule has 3 nitrogen and oxygen atoms in total. The number of amidine groups is 1. The molecule has 182 valence electrons. The van der Waals surface area contributed by atoms with Crippen LogP contribution in [0, 0.1) is 0 Å². The molecule has 2 unspecified atom stereocenters. The molecule has 0 aliphatic carbocycles. The highest BCUT2D eigenvalue weighted by Crippen LogP contribution is 2.23. The number of aliphatic hydroxyl groups is 1. The predicted octanol–water partition coefficient (Wildman–Crippen LogP) is 8.17. The van der Waals surface area contributed by atoms with E-state index in [4.69, 9.17) is 4.99 Å². The van der Waals surface area contributed by atoms with Gasteiger partial charge in [0, 0.05) is 13.3 Å². The Kier molecular flexibility index (Phi) is 17.3. The highest BCUT2D eigenvalue weighted by atomic mass is 16.3. The van der Waals surface area contributed by atoms with E-state index in [1.807, 2.05) is 6.92 Å². The van der Waals surface area contributed by atoms with E-state index >= 15 is 0 Å². The maximum atomic E-state index is 10.2. The summed E-state index contributed by atoms with van der Waals surface area (Å²) in [5.41, 5.74) is 0. The summed E-state index contributed by atoms with van der Waals surface area (Å²) in [4.78, 5) is 4.72. The van der Waals surface area contributed by atoms with Crippen LogP contribution in [-0.4, -0.2) is 41.3 Å². The molecule has 0 amide bonds. The normalized spacial score (nSPS) is 19.9. The Morgan fingerprint density at radius 1 is 0.774 bits per heavy atom. The van der Waals surface area contributed by atoms with Crippen molar-refractivity contribution in [1.29, 1.82) is 0 Å². The summed E-state index contributed by atoms with van der Waals surface area (Å²) in [6, 6.07) is 0. The van der Waals surface area contributed by atoms with Crippen LogP contribution >= 0.6 is 0 Å². The predicted molar refractivity (Wildman–Crippen MR) is 138 cm³/mol. The van der Waals surface area contributed by atoms with Crippen molar-refractivity contribution >= 4 is 5.84 Å². The molecule has 0 aromatic carbocycles. The number of likely N-dealkylation sites (N-methyl/N-ethyl adjacent to an activating group) is 1. The van der Waals surface area contributed by atoms with Crippen LogP contribution in [0.2, 0.25) is 0 Å². The van der Waals surface area contributed by atoms with Gasteiger partial charge in [-0.15, -0.1) is 0 Å². The van der Waals surface area contributed by atoms with E-state index in [-0.39, 0.29) is 6.23 Å². The standard InChI is InChI=1S/C28H55N2O/c1-4-6-7-8-9-10-11-12-13-14-15-16-17-18-19-20-21-22-23-24-28-29-25-26-30(28,5-2)27(3)31/h17-18,27,31H,4-16,19-26H2,1-3H3/q+1/b18-17+. The van der Waals surface area contributed by atoms with Crippen molar-refractivity contribution in [3.05, 3.63) is 12.2 Å². The van der Waals surface area contributed by atoms with Gasteiger partial charge in [-0.05, 0) is 39.0 Å². The first-order valence-electron chi connectivity index (χ1n) is 13.9. The zero-order chi connectivity index (χ0) is 22.6. The van der Waals surface area contributed by atoms with Crippen LogP contribution in [0.25, 0.3) is 0 Å². The van der Waals surface area contributed by atoms with Gasteiger partial charge in [0.15, 0.2) is 6.23 Å². The molecule has 0 aromatic heterocycles. The number of unbranched alkanes of at least 4 members (excludes halogenated alkanes) is 15. The van der Waals surface area contributed by atoms with Crippen molar-refractivity contribution in [3.63, 3.8) is 0 Å². The molecule has 0 fully saturated rings. The summed E-state index contributed by atoms with van der Waals surface area (Å²) in [6.45, 7) is 9.22. The highest BCUT2D eigenvalue weighted by molar-refractivity contribution is 5.76. The van der Waals surface area contributed by atoms with Gasteiger partial charge in [0.1, 0.15) is 6.54 Å². The number of allylic oxidation sites excluding steroid dienone is 2.